The van der Waals surface area contributed by atoms with Gasteiger partial charge in [0.05, 0.1) is 6.10 Å². The van der Waals surface area contributed by atoms with Crippen LogP contribution < -0.4 is 5.32 Å². The normalized spacial score (nSPS) is 29.2. The highest BCUT2D eigenvalue weighted by atomic mass is 79.9. The Labute approximate surface area is 124 Å². The third-order valence-electron chi connectivity index (χ3n) is 4.51. The maximum Gasteiger partial charge on any atom is 0.0914 e. The molecule has 4 unspecified atom stereocenters. The first-order valence-electron chi connectivity index (χ1n) is 7.25. The van der Waals surface area contributed by atoms with Crippen molar-refractivity contribution in [3.05, 3.63) is 34.3 Å². The van der Waals surface area contributed by atoms with Crippen molar-refractivity contribution in [3.8, 4) is 0 Å². The van der Waals surface area contributed by atoms with Crippen LogP contribution in [0.5, 0.6) is 0 Å². The average molecular weight is 326 g/mol. The molecule has 2 N–H and O–H groups in total. The molecule has 0 spiro atoms. The molecule has 0 aromatic heterocycles. The van der Waals surface area contributed by atoms with Crippen LogP contribution in [0.1, 0.15) is 44.8 Å². The highest BCUT2D eigenvalue weighted by Crippen LogP contribution is 2.29. The van der Waals surface area contributed by atoms with E-state index in [2.05, 4.69) is 35.1 Å². The minimum atomic E-state index is -0.429. The molecule has 0 bridgehead atoms. The molecule has 19 heavy (non-hydrogen) atoms. The predicted molar refractivity (Wildman–Crippen MR) is 83.1 cm³/mol. The van der Waals surface area contributed by atoms with E-state index >= 15 is 0 Å². The number of aliphatic hydroxyl groups excluding tert-OH is 1. The molecule has 0 aliphatic heterocycles. The highest BCUT2D eigenvalue weighted by molar-refractivity contribution is 9.10. The number of rotatable bonds is 4. The molecule has 1 saturated carbocycles. The molecule has 0 amide bonds. The summed E-state index contributed by atoms with van der Waals surface area (Å²) in [4.78, 5) is 0. The molecule has 0 saturated heterocycles. The van der Waals surface area contributed by atoms with Gasteiger partial charge in [-0.15, -0.1) is 0 Å². The summed E-state index contributed by atoms with van der Waals surface area (Å²) in [5, 5.41) is 13.8. The van der Waals surface area contributed by atoms with Crippen molar-refractivity contribution < 1.29 is 5.11 Å². The maximum atomic E-state index is 10.2. The first-order chi connectivity index (χ1) is 9.08. The lowest BCUT2D eigenvalue weighted by molar-refractivity contribution is 0.145. The van der Waals surface area contributed by atoms with E-state index in [0.717, 1.165) is 16.0 Å². The van der Waals surface area contributed by atoms with E-state index in [1.54, 1.807) is 0 Å². The highest BCUT2D eigenvalue weighted by Gasteiger charge is 2.27. The number of halogens is 1. The second-order valence-electron chi connectivity index (χ2n) is 5.85. The molecule has 1 aliphatic carbocycles. The van der Waals surface area contributed by atoms with Gasteiger partial charge in [-0.05, 0) is 36.0 Å². The predicted octanol–water partition coefficient (Wildman–Crippen LogP) is 3.90. The molecule has 2 nitrogen and oxygen atoms in total. The number of benzene rings is 1. The first-order valence-corrected chi connectivity index (χ1v) is 8.04. The first kappa shape index (κ1) is 15.0. The van der Waals surface area contributed by atoms with E-state index < -0.39 is 6.10 Å². The fourth-order valence-corrected chi connectivity index (χ4v) is 3.38. The van der Waals surface area contributed by atoms with Crippen LogP contribution in [0.3, 0.4) is 0 Å². The van der Waals surface area contributed by atoms with Crippen LogP contribution in [0.2, 0.25) is 0 Å². The summed E-state index contributed by atoms with van der Waals surface area (Å²) in [7, 11) is 0. The topological polar surface area (TPSA) is 32.3 Å². The number of hydrogen-bond acceptors (Lipinski definition) is 2. The lowest BCUT2D eigenvalue weighted by Crippen LogP contribution is -2.42. The van der Waals surface area contributed by atoms with E-state index in [4.69, 9.17) is 0 Å². The maximum absolute atomic E-state index is 10.2. The van der Waals surface area contributed by atoms with Crippen LogP contribution in [0.4, 0.5) is 0 Å². The van der Waals surface area contributed by atoms with Gasteiger partial charge in [-0.25, -0.2) is 0 Å². The van der Waals surface area contributed by atoms with Gasteiger partial charge >= 0.3 is 0 Å². The van der Waals surface area contributed by atoms with Crippen molar-refractivity contribution in [2.75, 3.05) is 6.54 Å². The largest absolute Gasteiger partial charge is 0.387 e. The number of aliphatic hydroxyl groups is 1. The Hall–Kier alpha value is -0.380. The smallest absolute Gasteiger partial charge is 0.0914 e. The molecule has 4 atom stereocenters. The summed E-state index contributed by atoms with van der Waals surface area (Å²) in [6.07, 6.45) is 3.45. The van der Waals surface area contributed by atoms with E-state index in [9.17, 15) is 5.11 Å². The lowest BCUT2D eigenvalue weighted by atomic mass is 9.78. The molecule has 1 aromatic rings. The minimum absolute atomic E-state index is 0.429. The zero-order chi connectivity index (χ0) is 13.8. The second kappa shape index (κ2) is 6.87. The zero-order valence-corrected chi connectivity index (χ0v) is 13.4. The zero-order valence-electron chi connectivity index (χ0n) is 11.8. The molecule has 106 valence electrons. The molecule has 1 aromatic carbocycles. The standard InChI is InChI=1S/C16H24BrNO/c1-11-5-3-8-15(12(11)2)18-10-16(19)13-6-4-7-14(17)9-13/h4,6-7,9,11-12,15-16,18-19H,3,5,8,10H2,1-2H3. The summed E-state index contributed by atoms with van der Waals surface area (Å²) >= 11 is 3.44. The Bertz CT molecular complexity index is 409. The third-order valence-corrected chi connectivity index (χ3v) is 5.01. The summed E-state index contributed by atoms with van der Waals surface area (Å²) in [6.45, 7) is 5.30. The Morgan fingerprint density at radius 1 is 1.37 bits per heavy atom. The Kier molecular flexibility index (Phi) is 5.43. The van der Waals surface area contributed by atoms with Gasteiger partial charge in [0, 0.05) is 17.1 Å². The Balaban J connectivity index is 1.88. The minimum Gasteiger partial charge on any atom is -0.387 e. The average Bonchev–Trinajstić information content (AvgIpc) is 2.40. The molecule has 0 radical (unpaired) electrons. The van der Waals surface area contributed by atoms with Gasteiger partial charge in [-0.1, -0.05) is 54.8 Å². The molecular weight excluding hydrogens is 302 g/mol. The van der Waals surface area contributed by atoms with Crippen molar-refractivity contribution in [2.24, 2.45) is 11.8 Å². The fraction of sp³-hybridized carbons (Fsp3) is 0.625. The molecule has 0 heterocycles. The van der Waals surface area contributed by atoms with Crippen LogP contribution in [-0.4, -0.2) is 17.7 Å². The summed E-state index contributed by atoms with van der Waals surface area (Å²) < 4.78 is 1.02. The van der Waals surface area contributed by atoms with Crippen LogP contribution in [0, 0.1) is 11.8 Å². The third kappa shape index (κ3) is 4.04. The van der Waals surface area contributed by atoms with Crippen molar-refractivity contribution in [1.29, 1.82) is 0 Å². The number of nitrogens with one attached hydrogen (secondary N) is 1. The van der Waals surface area contributed by atoms with Crippen molar-refractivity contribution in [2.45, 2.75) is 45.3 Å². The van der Waals surface area contributed by atoms with E-state index in [0.29, 0.717) is 18.5 Å². The number of hydrogen-bond donors (Lipinski definition) is 2. The van der Waals surface area contributed by atoms with Gasteiger partial charge in [-0.2, -0.15) is 0 Å². The van der Waals surface area contributed by atoms with E-state index in [-0.39, 0.29) is 0 Å². The fourth-order valence-electron chi connectivity index (χ4n) is 2.96. The molecule has 1 fully saturated rings. The van der Waals surface area contributed by atoms with E-state index in [1.165, 1.54) is 19.3 Å². The van der Waals surface area contributed by atoms with Gasteiger partial charge in [0.25, 0.3) is 0 Å². The molecule has 1 aliphatic rings. The van der Waals surface area contributed by atoms with Crippen molar-refractivity contribution in [3.63, 3.8) is 0 Å². The van der Waals surface area contributed by atoms with Gasteiger partial charge in [0.15, 0.2) is 0 Å². The monoisotopic (exact) mass is 325 g/mol. The van der Waals surface area contributed by atoms with Crippen LogP contribution in [-0.2, 0) is 0 Å². The Morgan fingerprint density at radius 3 is 2.89 bits per heavy atom. The van der Waals surface area contributed by atoms with Gasteiger partial charge < -0.3 is 10.4 Å². The van der Waals surface area contributed by atoms with Gasteiger partial charge in [0.2, 0.25) is 0 Å². The Morgan fingerprint density at radius 2 is 2.16 bits per heavy atom. The molecule has 2 rings (SSSR count). The summed E-state index contributed by atoms with van der Waals surface area (Å²) in [5.41, 5.74) is 0.971. The molecular formula is C16H24BrNO. The van der Waals surface area contributed by atoms with E-state index in [1.807, 2.05) is 24.3 Å². The second-order valence-corrected chi connectivity index (χ2v) is 6.77. The van der Waals surface area contributed by atoms with Crippen LogP contribution >= 0.6 is 15.9 Å². The SMILES string of the molecule is CC1CCCC(NCC(O)c2cccc(Br)c2)C1C. The lowest BCUT2D eigenvalue weighted by Gasteiger charge is -2.35. The summed E-state index contributed by atoms with van der Waals surface area (Å²) in [5.74, 6) is 1.48. The van der Waals surface area contributed by atoms with Crippen LogP contribution in [0.25, 0.3) is 0 Å². The quantitative estimate of drug-likeness (QED) is 0.880. The van der Waals surface area contributed by atoms with Crippen molar-refractivity contribution in [1.82, 2.24) is 5.32 Å². The van der Waals surface area contributed by atoms with Gasteiger partial charge in [-0.3, -0.25) is 0 Å². The van der Waals surface area contributed by atoms with Crippen LogP contribution in [0.15, 0.2) is 28.7 Å². The van der Waals surface area contributed by atoms with Crippen molar-refractivity contribution >= 4 is 15.9 Å². The van der Waals surface area contributed by atoms with Gasteiger partial charge in [0.1, 0.15) is 0 Å². The molecule has 3 heteroatoms. The summed E-state index contributed by atoms with van der Waals surface area (Å²) in [6, 6.07) is 8.46.